The van der Waals surface area contributed by atoms with Crippen LogP contribution in [0.2, 0.25) is 5.02 Å². The molecule has 0 radical (unpaired) electrons. The van der Waals surface area contributed by atoms with Crippen molar-refractivity contribution in [1.29, 1.82) is 5.26 Å². The first-order valence-corrected chi connectivity index (χ1v) is 7.78. The molecule has 0 bridgehead atoms. The maximum Gasteiger partial charge on any atom is 0.416 e. The maximum absolute atomic E-state index is 12.6. The van der Waals surface area contributed by atoms with E-state index in [0.717, 1.165) is 24.3 Å². The fourth-order valence-electron chi connectivity index (χ4n) is 2.19. The summed E-state index contributed by atoms with van der Waals surface area (Å²) < 4.78 is 37.7. The Labute approximate surface area is 160 Å². The SMILES string of the molecule is N#CC(C(=O)Nc1ccc(Cl)cc1[N+](=O)[O-])C(=O)c1ccc(C(F)(F)F)cc1. The van der Waals surface area contributed by atoms with Crippen molar-refractivity contribution in [3.8, 4) is 6.07 Å². The highest BCUT2D eigenvalue weighted by molar-refractivity contribution is 6.31. The van der Waals surface area contributed by atoms with E-state index in [9.17, 15) is 32.9 Å². The molecule has 0 saturated carbocycles. The standard InChI is InChI=1S/C17H9ClF3N3O4/c18-11-5-6-13(14(7-11)24(27)28)23-16(26)12(8-22)15(25)9-1-3-10(4-2-9)17(19,20)21/h1-7,12H,(H,23,26). The van der Waals surface area contributed by atoms with Crippen LogP contribution < -0.4 is 5.32 Å². The van der Waals surface area contributed by atoms with Gasteiger partial charge in [0.05, 0.1) is 16.6 Å². The Bertz CT molecular complexity index is 985. The Kier molecular flexibility index (Phi) is 6.00. The van der Waals surface area contributed by atoms with Gasteiger partial charge in [0, 0.05) is 16.7 Å². The second-order valence-electron chi connectivity index (χ2n) is 5.41. The molecule has 28 heavy (non-hydrogen) atoms. The molecule has 1 unspecified atom stereocenters. The number of rotatable bonds is 5. The van der Waals surface area contributed by atoms with Crippen LogP contribution in [-0.2, 0) is 11.0 Å². The summed E-state index contributed by atoms with van der Waals surface area (Å²) in [5, 5.41) is 22.3. The summed E-state index contributed by atoms with van der Waals surface area (Å²) in [6.45, 7) is 0. The van der Waals surface area contributed by atoms with Gasteiger partial charge in [0.25, 0.3) is 5.69 Å². The lowest BCUT2D eigenvalue weighted by Crippen LogP contribution is -2.29. The maximum atomic E-state index is 12.6. The number of ketones is 1. The number of carbonyl (C=O) groups is 2. The third-order valence-corrected chi connectivity index (χ3v) is 3.80. The number of hydrogen-bond donors (Lipinski definition) is 1. The second-order valence-corrected chi connectivity index (χ2v) is 5.85. The summed E-state index contributed by atoms with van der Waals surface area (Å²) >= 11 is 5.66. The quantitative estimate of drug-likeness (QED) is 0.342. The molecule has 144 valence electrons. The van der Waals surface area contributed by atoms with Crippen molar-refractivity contribution in [2.75, 3.05) is 5.32 Å². The zero-order chi connectivity index (χ0) is 21.1. The van der Waals surface area contributed by atoms with E-state index >= 15 is 0 Å². The first kappa shape index (κ1) is 20.9. The monoisotopic (exact) mass is 411 g/mol. The Balaban J connectivity index is 2.26. The van der Waals surface area contributed by atoms with Crippen molar-refractivity contribution in [3.63, 3.8) is 0 Å². The molecular weight excluding hydrogens is 403 g/mol. The molecule has 2 aromatic carbocycles. The topological polar surface area (TPSA) is 113 Å². The van der Waals surface area contributed by atoms with Gasteiger partial charge < -0.3 is 5.32 Å². The van der Waals surface area contributed by atoms with Crippen LogP contribution in [0, 0.1) is 27.4 Å². The predicted molar refractivity (Wildman–Crippen MR) is 91.6 cm³/mol. The number of nitrogens with zero attached hydrogens (tertiary/aromatic N) is 2. The van der Waals surface area contributed by atoms with Gasteiger partial charge in [-0.2, -0.15) is 18.4 Å². The molecule has 0 aromatic heterocycles. The molecule has 2 rings (SSSR count). The Morgan fingerprint density at radius 3 is 2.29 bits per heavy atom. The molecule has 1 N–H and O–H groups in total. The number of amides is 1. The molecule has 1 atom stereocenters. The van der Waals surface area contributed by atoms with E-state index in [-0.39, 0.29) is 16.3 Å². The zero-order valence-electron chi connectivity index (χ0n) is 13.7. The summed E-state index contributed by atoms with van der Waals surface area (Å²) in [5.41, 5.74) is -2.14. The third-order valence-electron chi connectivity index (χ3n) is 3.56. The van der Waals surface area contributed by atoms with E-state index < -0.39 is 40.0 Å². The Morgan fingerprint density at radius 1 is 1.18 bits per heavy atom. The minimum atomic E-state index is -4.61. The average molecular weight is 412 g/mol. The first-order valence-electron chi connectivity index (χ1n) is 7.40. The lowest BCUT2D eigenvalue weighted by Gasteiger charge is -2.11. The van der Waals surface area contributed by atoms with Gasteiger partial charge in [-0.3, -0.25) is 19.7 Å². The molecule has 2 aromatic rings. The molecule has 0 aliphatic rings. The fraction of sp³-hybridized carbons (Fsp3) is 0.118. The van der Waals surface area contributed by atoms with Crippen LogP contribution in [0.15, 0.2) is 42.5 Å². The summed E-state index contributed by atoms with van der Waals surface area (Å²) in [7, 11) is 0. The van der Waals surface area contributed by atoms with E-state index in [1.54, 1.807) is 0 Å². The number of benzene rings is 2. The van der Waals surface area contributed by atoms with Crippen molar-refractivity contribution in [1.82, 2.24) is 0 Å². The minimum Gasteiger partial charge on any atom is -0.319 e. The van der Waals surface area contributed by atoms with Crippen molar-refractivity contribution >= 4 is 34.7 Å². The van der Waals surface area contributed by atoms with Crippen molar-refractivity contribution < 1.29 is 27.7 Å². The summed E-state index contributed by atoms with van der Waals surface area (Å²) in [5.74, 6) is -4.14. The van der Waals surface area contributed by atoms with Crippen LogP contribution >= 0.6 is 11.6 Å². The molecule has 0 aliphatic carbocycles. The van der Waals surface area contributed by atoms with Gasteiger partial charge in [0.2, 0.25) is 5.91 Å². The predicted octanol–water partition coefficient (Wildman–Crippen LogP) is 4.23. The molecule has 7 nitrogen and oxygen atoms in total. The van der Waals surface area contributed by atoms with E-state index in [1.807, 2.05) is 0 Å². The summed E-state index contributed by atoms with van der Waals surface area (Å²) in [6.07, 6.45) is -4.61. The lowest BCUT2D eigenvalue weighted by molar-refractivity contribution is -0.383. The smallest absolute Gasteiger partial charge is 0.319 e. The molecular formula is C17H9ClF3N3O4. The Morgan fingerprint density at radius 2 is 1.79 bits per heavy atom. The van der Waals surface area contributed by atoms with Crippen LogP contribution in [0.3, 0.4) is 0 Å². The number of hydrogen-bond acceptors (Lipinski definition) is 5. The van der Waals surface area contributed by atoms with Crippen molar-refractivity contribution in [2.45, 2.75) is 6.18 Å². The van der Waals surface area contributed by atoms with Crippen LogP contribution in [0.1, 0.15) is 15.9 Å². The molecule has 11 heteroatoms. The van der Waals surface area contributed by atoms with Crippen LogP contribution in [0.25, 0.3) is 0 Å². The highest BCUT2D eigenvalue weighted by Crippen LogP contribution is 2.30. The first-order chi connectivity index (χ1) is 13.0. The van der Waals surface area contributed by atoms with Gasteiger partial charge in [-0.25, -0.2) is 0 Å². The molecule has 0 spiro atoms. The number of Topliss-reactive ketones (excluding diaryl/α,β-unsaturated/α-hetero) is 1. The minimum absolute atomic E-state index is 0.0300. The summed E-state index contributed by atoms with van der Waals surface area (Å²) in [4.78, 5) is 34.8. The average Bonchev–Trinajstić information content (AvgIpc) is 2.63. The van der Waals surface area contributed by atoms with Gasteiger partial charge in [-0.05, 0) is 24.3 Å². The molecule has 0 saturated heterocycles. The highest BCUT2D eigenvalue weighted by atomic mass is 35.5. The normalized spacial score (nSPS) is 12.0. The third kappa shape index (κ3) is 4.63. The molecule has 0 aliphatic heterocycles. The van der Waals surface area contributed by atoms with E-state index in [2.05, 4.69) is 5.32 Å². The van der Waals surface area contributed by atoms with Gasteiger partial charge >= 0.3 is 6.18 Å². The van der Waals surface area contributed by atoms with Crippen LogP contribution in [0.5, 0.6) is 0 Å². The number of halogens is 4. The molecule has 0 heterocycles. The van der Waals surface area contributed by atoms with Gasteiger partial charge in [0.15, 0.2) is 11.7 Å². The number of nitro benzene ring substituents is 1. The van der Waals surface area contributed by atoms with Gasteiger partial charge in [-0.15, -0.1) is 0 Å². The number of nitro groups is 1. The van der Waals surface area contributed by atoms with Crippen LogP contribution in [-0.4, -0.2) is 16.6 Å². The number of alkyl halides is 3. The summed E-state index contributed by atoms with van der Waals surface area (Å²) in [6, 6.07) is 7.75. The zero-order valence-corrected chi connectivity index (χ0v) is 14.4. The highest BCUT2D eigenvalue weighted by Gasteiger charge is 2.32. The largest absolute Gasteiger partial charge is 0.416 e. The number of nitriles is 1. The molecule has 0 fully saturated rings. The van der Waals surface area contributed by atoms with E-state index in [4.69, 9.17) is 16.9 Å². The second kappa shape index (κ2) is 8.06. The van der Waals surface area contributed by atoms with Gasteiger partial charge in [-0.1, -0.05) is 23.7 Å². The Hall–Kier alpha value is -3.45. The lowest BCUT2D eigenvalue weighted by atomic mass is 9.97. The molecule has 1 amide bonds. The number of anilines is 1. The van der Waals surface area contributed by atoms with Crippen LogP contribution in [0.4, 0.5) is 24.5 Å². The van der Waals surface area contributed by atoms with Gasteiger partial charge in [0.1, 0.15) is 5.69 Å². The number of carbonyl (C=O) groups excluding carboxylic acids is 2. The fourth-order valence-corrected chi connectivity index (χ4v) is 2.36. The van der Waals surface area contributed by atoms with Crippen molar-refractivity contribution in [2.24, 2.45) is 5.92 Å². The van der Waals surface area contributed by atoms with Crippen molar-refractivity contribution in [3.05, 3.63) is 68.7 Å². The number of nitrogens with one attached hydrogen (secondary N) is 1. The van der Waals surface area contributed by atoms with E-state index in [1.165, 1.54) is 12.1 Å². The van der Waals surface area contributed by atoms with E-state index in [0.29, 0.717) is 12.1 Å².